The van der Waals surface area contributed by atoms with Crippen LogP contribution in [0.4, 0.5) is 4.79 Å². The summed E-state index contributed by atoms with van der Waals surface area (Å²) in [5, 5.41) is 11.1. The lowest BCUT2D eigenvalue weighted by atomic mass is 9.97. The third-order valence-corrected chi connectivity index (χ3v) is 6.29. The van der Waals surface area contributed by atoms with Crippen LogP contribution in [0.5, 0.6) is 11.5 Å². The van der Waals surface area contributed by atoms with Crippen LogP contribution >= 0.6 is 0 Å². The van der Waals surface area contributed by atoms with Gasteiger partial charge in [0, 0.05) is 30.1 Å². The molecule has 1 aliphatic rings. The summed E-state index contributed by atoms with van der Waals surface area (Å²) in [6.07, 6.45) is 1.41. The van der Waals surface area contributed by atoms with Crippen molar-refractivity contribution in [3.05, 3.63) is 54.4 Å². The van der Waals surface area contributed by atoms with Crippen molar-refractivity contribution in [1.82, 2.24) is 14.9 Å². The second-order valence-corrected chi connectivity index (χ2v) is 9.71. The molecule has 1 fully saturated rings. The Morgan fingerprint density at radius 1 is 0.971 bits per heavy atom. The molecule has 35 heavy (non-hydrogen) atoms. The summed E-state index contributed by atoms with van der Waals surface area (Å²) in [5.41, 5.74) is 1.95. The number of hydroxylamine groups is 2. The van der Waals surface area contributed by atoms with E-state index in [-0.39, 0.29) is 11.9 Å². The third-order valence-electron chi connectivity index (χ3n) is 6.29. The molecule has 4 rings (SSSR count). The van der Waals surface area contributed by atoms with Gasteiger partial charge >= 0.3 is 6.03 Å². The van der Waals surface area contributed by atoms with Gasteiger partial charge in [0.25, 0.3) is 0 Å². The highest BCUT2D eigenvalue weighted by Crippen LogP contribution is 2.38. The normalized spacial score (nSPS) is 14.6. The van der Waals surface area contributed by atoms with Crippen molar-refractivity contribution in [2.75, 3.05) is 27.3 Å². The van der Waals surface area contributed by atoms with Gasteiger partial charge in [-0.2, -0.15) is 0 Å². The standard InChI is InChI=1S/C27H33N3O5/c1-27(2,3)30(32)26(31)29-16-14-20(15-17-29)25-28-23(18-6-10-21(33-4)11-7-18)24(35-25)19-8-12-22(34-5)13-9-19/h6-13,20,32H,14-17H2,1-5H3. The van der Waals surface area contributed by atoms with Gasteiger partial charge in [-0.15, -0.1) is 0 Å². The molecule has 0 saturated carbocycles. The summed E-state index contributed by atoms with van der Waals surface area (Å²) in [5.74, 6) is 2.97. The van der Waals surface area contributed by atoms with Crippen LogP contribution in [0.3, 0.4) is 0 Å². The fraction of sp³-hybridized carbons (Fsp3) is 0.407. The third kappa shape index (κ3) is 5.27. The lowest BCUT2D eigenvalue weighted by Gasteiger charge is -2.37. The highest BCUT2D eigenvalue weighted by atomic mass is 16.5. The fourth-order valence-corrected chi connectivity index (χ4v) is 4.13. The molecule has 1 saturated heterocycles. The fourth-order valence-electron chi connectivity index (χ4n) is 4.13. The van der Waals surface area contributed by atoms with Gasteiger partial charge < -0.3 is 18.8 Å². The number of carbonyl (C=O) groups excluding carboxylic acids is 1. The summed E-state index contributed by atoms with van der Waals surface area (Å²) < 4.78 is 17.0. The number of rotatable bonds is 5. The molecule has 3 aromatic rings. The summed E-state index contributed by atoms with van der Waals surface area (Å²) >= 11 is 0. The van der Waals surface area contributed by atoms with Crippen LogP contribution in [0.1, 0.15) is 45.4 Å². The van der Waals surface area contributed by atoms with Gasteiger partial charge in [0.2, 0.25) is 0 Å². The Hall–Kier alpha value is -3.52. The van der Waals surface area contributed by atoms with Crippen LogP contribution in [0.2, 0.25) is 0 Å². The van der Waals surface area contributed by atoms with Crippen molar-refractivity contribution < 1.29 is 23.9 Å². The zero-order valence-corrected chi connectivity index (χ0v) is 20.9. The van der Waals surface area contributed by atoms with Gasteiger partial charge in [-0.1, -0.05) is 0 Å². The summed E-state index contributed by atoms with van der Waals surface area (Å²) in [7, 11) is 3.28. The lowest BCUT2D eigenvalue weighted by molar-refractivity contribution is -0.118. The van der Waals surface area contributed by atoms with Crippen LogP contribution in [0.15, 0.2) is 52.9 Å². The zero-order chi connectivity index (χ0) is 25.2. The summed E-state index contributed by atoms with van der Waals surface area (Å²) in [6, 6.07) is 15.1. The molecular formula is C27H33N3O5. The van der Waals surface area contributed by atoms with Crippen LogP contribution < -0.4 is 9.47 Å². The molecule has 0 spiro atoms. The Morgan fingerprint density at radius 3 is 1.97 bits per heavy atom. The molecular weight excluding hydrogens is 446 g/mol. The predicted molar refractivity (Wildman–Crippen MR) is 133 cm³/mol. The first-order valence-corrected chi connectivity index (χ1v) is 11.8. The van der Waals surface area contributed by atoms with Crippen molar-refractivity contribution >= 4 is 6.03 Å². The molecule has 1 N–H and O–H groups in total. The van der Waals surface area contributed by atoms with Crippen LogP contribution in [-0.2, 0) is 0 Å². The number of nitrogens with zero attached hydrogens (tertiary/aromatic N) is 3. The maximum Gasteiger partial charge on any atom is 0.344 e. The molecule has 0 bridgehead atoms. The monoisotopic (exact) mass is 479 g/mol. The minimum absolute atomic E-state index is 0.0739. The molecule has 8 heteroatoms. The van der Waals surface area contributed by atoms with Crippen molar-refractivity contribution in [1.29, 1.82) is 0 Å². The number of urea groups is 1. The molecule has 1 aromatic heterocycles. The quantitative estimate of drug-likeness (QED) is 0.367. The predicted octanol–water partition coefficient (Wildman–Crippen LogP) is 5.81. The van der Waals surface area contributed by atoms with Gasteiger partial charge in [-0.25, -0.2) is 14.8 Å². The maximum absolute atomic E-state index is 12.7. The highest BCUT2D eigenvalue weighted by molar-refractivity contribution is 5.77. The first-order chi connectivity index (χ1) is 16.7. The van der Waals surface area contributed by atoms with E-state index in [2.05, 4.69) is 0 Å². The number of amides is 2. The van der Waals surface area contributed by atoms with E-state index in [1.165, 1.54) is 0 Å². The zero-order valence-electron chi connectivity index (χ0n) is 20.9. The van der Waals surface area contributed by atoms with E-state index in [1.54, 1.807) is 39.9 Å². The van der Waals surface area contributed by atoms with E-state index in [0.717, 1.165) is 33.4 Å². The lowest BCUT2D eigenvalue weighted by Crippen LogP contribution is -2.51. The number of benzene rings is 2. The van der Waals surface area contributed by atoms with Crippen LogP contribution in [0.25, 0.3) is 22.6 Å². The van der Waals surface area contributed by atoms with E-state index in [4.69, 9.17) is 18.9 Å². The maximum atomic E-state index is 12.7. The van der Waals surface area contributed by atoms with E-state index in [9.17, 15) is 10.0 Å². The largest absolute Gasteiger partial charge is 0.497 e. The number of piperidine rings is 1. The van der Waals surface area contributed by atoms with Crippen molar-refractivity contribution in [3.8, 4) is 34.1 Å². The molecule has 0 unspecified atom stereocenters. The second kappa shape index (κ2) is 10.00. The molecule has 0 radical (unpaired) electrons. The molecule has 1 aliphatic heterocycles. The minimum atomic E-state index is -0.656. The van der Waals surface area contributed by atoms with Gasteiger partial charge in [0.1, 0.15) is 17.2 Å². The Bertz CT molecular complexity index is 1080. The van der Waals surface area contributed by atoms with E-state index >= 15 is 0 Å². The van der Waals surface area contributed by atoms with Crippen molar-refractivity contribution in [2.24, 2.45) is 0 Å². The first-order valence-electron chi connectivity index (χ1n) is 11.8. The van der Waals surface area contributed by atoms with Gasteiger partial charge in [-0.3, -0.25) is 5.21 Å². The molecule has 0 atom stereocenters. The molecule has 8 nitrogen and oxygen atoms in total. The van der Waals surface area contributed by atoms with E-state index in [1.807, 2.05) is 48.5 Å². The van der Waals surface area contributed by atoms with Crippen molar-refractivity contribution in [2.45, 2.75) is 45.1 Å². The van der Waals surface area contributed by atoms with Gasteiger partial charge in [-0.05, 0) is 82.1 Å². The average molecular weight is 480 g/mol. The topological polar surface area (TPSA) is 88.3 Å². The number of oxazole rings is 1. The summed E-state index contributed by atoms with van der Waals surface area (Å²) in [4.78, 5) is 19.3. The SMILES string of the molecule is COc1ccc(-c2nc(C3CCN(C(=O)N(O)C(C)(C)C)CC3)oc2-c2ccc(OC)cc2)cc1. The Kier molecular flexibility index (Phi) is 7.03. The van der Waals surface area contributed by atoms with E-state index in [0.29, 0.717) is 37.6 Å². The van der Waals surface area contributed by atoms with E-state index < -0.39 is 5.54 Å². The Balaban J connectivity index is 1.60. The number of methoxy groups -OCH3 is 2. The Labute approximate surface area is 206 Å². The molecule has 0 aliphatic carbocycles. The number of hydrogen-bond donors (Lipinski definition) is 1. The van der Waals surface area contributed by atoms with Crippen LogP contribution in [-0.4, -0.2) is 59.0 Å². The number of hydrogen-bond acceptors (Lipinski definition) is 6. The highest BCUT2D eigenvalue weighted by Gasteiger charge is 2.33. The number of carbonyl (C=O) groups is 1. The van der Waals surface area contributed by atoms with Gasteiger partial charge in [0.05, 0.1) is 19.8 Å². The molecule has 2 heterocycles. The molecule has 2 amide bonds. The summed E-state index contributed by atoms with van der Waals surface area (Å²) in [6.45, 7) is 6.44. The number of ether oxygens (including phenoxy) is 2. The number of likely N-dealkylation sites (tertiary alicyclic amines) is 1. The second-order valence-electron chi connectivity index (χ2n) is 9.71. The Morgan fingerprint density at radius 2 is 1.49 bits per heavy atom. The van der Waals surface area contributed by atoms with Gasteiger partial charge in [0.15, 0.2) is 11.7 Å². The first kappa shape index (κ1) is 24.6. The molecule has 186 valence electrons. The average Bonchev–Trinajstić information content (AvgIpc) is 3.33. The smallest absolute Gasteiger partial charge is 0.344 e. The molecule has 2 aromatic carbocycles. The minimum Gasteiger partial charge on any atom is -0.497 e. The van der Waals surface area contributed by atoms with Crippen molar-refractivity contribution in [3.63, 3.8) is 0 Å². The van der Waals surface area contributed by atoms with Crippen LogP contribution in [0, 0.1) is 0 Å². The number of aromatic nitrogens is 1.